The van der Waals surface area contributed by atoms with Gasteiger partial charge >= 0.3 is 0 Å². The molecule has 0 radical (unpaired) electrons. The predicted molar refractivity (Wildman–Crippen MR) is 271 cm³/mol. The molecule has 2 aromatic carbocycles. The maximum atomic E-state index is 12.6. The second kappa shape index (κ2) is 18.1. The monoisotopic (exact) mass is 986 g/mol. The Labute approximate surface area is 413 Å². The van der Waals surface area contributed by atoms with Gasteiger partial charge in [0, 0.05) is 142 Å². The second-order valence-electron chi connectivity index (χ2n) is 19.3. The summed E-state index contributed by atoms with van der Waals surface area (Å²) in [6.45, 7) is 5.27. The van der Waals surface area contributed by atoms with E-state index in [2.05, 4.69) is 56.8 Å². The number of aromatic nitrogens is 2. The maximum absolute atomic E-state index is 12.6. The Morgan fingerprint density at radius 1 is 0.603 bits per heavy atom. The van der Waals surface area contributed by atoms with Gasteiger partial charge in [-0.1, -0.05) is 23.2 Å². The summed E-state index contributed by atoms with van der Waals surface area (Å²) in [6.07, 6.45) is 12.2. The fraction of sp³-hybridized carbons (Fsp3) is 0.423. The van der Waals surface area contributed by atoms with E-state index in [1.54, 1.807) is 22.7 Å². The summed E-state index contributed by atoms with van der Waals surface area (Å²) in [5, 5.41) is 9.24. The van der Waals surface area contributed by atoms with Crippen molar-refractivity contribution >= 4 is 101 Å². The lowest BCUT2D eigenvalue weighted by atomic mass is 9.78. The quantitative estimate of drug-likeness (QED) is 0.135. The minimum atomic E-state index is -0.113. The Hall–Kier alpha value is -4.96. The molecule has 0 spiro atoms. The van der Waals surface area contributed by atoms with Crippen LogP contribution in [0.5, 0.6) is 0 Å². The number of nitrogens with zero attached hydrogens (tertiary/aromatic N) is 6. The molecule has 350 valence electrons. The average Bonchev–Trinajstić information content (AvgIpc) is 4.13. The third-order valence-corrected chi connectivity index (χ3v) is 18.0. The van der Waals surface area contributed by atoms with Crippen LogP contribution in [-0.2, 0) is 38.7 Å². The van der Waals surface area contributed by atoms with Crippen molar-refractivity contribution in [3.63, 3.8) is 0 Å². The summed E-state index contributed by atoms with van der Waals surface area (Å²) >= 11 is 17.4. The highest BCUT2D eigenvalue weighted by atomic mass is 35.5. The van der Waals surface area contributed by atoms with E-state index in [1.165, 1.54) is 32.3 Å². The van der Waals surface area contributed by atoms with Crippen LogP contribution in [0.15, 0.2) is 60.9 Å². The van der Waals surface area contributed by atoms with Crippen LogP contribution in [0, 0.1) is 0 Å². The molecule has 6 aliphatic heterocycles. The van der Waals surface area contributed by atoms with E-state index in [-0.39, 0.29) is 80.4 Å². The lowest BCUT2D eigenvalue weighted by Gasteiger charge is -2.48. The normalized spacial score (nSPS) is 23.4. The van der Waals surface area contributed by atoms with Crippen molar-refractivity contribution in [2.75, 3.05) is 42.5 Å². The number of hydrogen-bond acceptors (Lipinski definition) is 12. The van der Waals surface area contributed by atoms with E-state index in [1.807, 2.05) is 24.5 Å². The Morgan fingerprint density at radius 2 is 1.19 bits per heavy atom. The Morgan fingerprint density at radius 3 is 1.78 bits per heavy atom. The molecule has 16 heteroatoms. The first kappa shape index (κ1) is 44.3. The van der Waals surface area contributed by atoms with Gasteiger partial charge in [0.1, 0.15) is 0 Å². The summed E-state index contributed by atoms with van der Waals surface area (Å²) in [7, 11) is 0. The Balaban J connectivity index is 0.852. The molecule has 4 atom stereocenters. The van der Waals surface area contributed by atoms with Gasteiger partial charge in [-0.2, -0.15) is 0 Å². The number of piperidine rings is 2. The molecule has 4 aromatic heterocycles. The molecule has 4 amide bonds. The number of pyridine rings is 2. The van der Waals surface area contributed by atoms with Crippen molar-refractivity contribution in [2.24, 2.45) is 0 Å². The van der Waals surface area contributed by atoms with Gasteiger partial charge in [-0.15, -0.1) is 22.7 Å². The standard InChI is InChI=1S/C52H52Cl2N8O4S2/c53-30-19-29-3-2-17-59(49(29)40(20-30)37-11-15-56-43-23-34(67-51(37)43)27-61-45(63)7-8-46(61)64)33-5-6-42(58-26-33)36-13-18-60(32-4-1-14-55-25-32)50-39(36)21-31(54)22-41(50)38-12-16-57-44-24-35(68-52(38)44)28-62-47(65)9-10-48(62)66/h11-12,15-16,19-24,32-33,36,42,55,58H,1-10,13-14,17-18,25-28H2/t32-,33+,36?,42?/m0/s1. The number of rotatable bonds is 9. The highest BCUT2D eigenvalue weighted by Crippen LogP contribution is 2.50. The molecule has 12 rings (SSSR count). The average molecular weight is 988 g/mol. The number of anilines is 2. The smallest absolute Gasteiger partial charge is 0.230 e. The van der Waals surface area contributed by atoms with Gasteiger partial charge in [-0.3, -0.25) is 38.9 Å². The first-order valence-electron chi connectivity index (χ1n) is 24.2. The van der Waals surface area contributed by atoms with E-state index < -0.39 is 0 Å². The minimum absolute atomic E-state index is 0.112. The fourth-order valence-corrected chi connectivity index (χ4v) is 14.8. The maximum Gasteiger partial charge on any atom is 0.230 e. The number of likely N-dealkylation sites (tertiary alicyclic amines) is 2. The molecule has 4 saturated heterocycles. The van der Waals surface area contributed by atoms with Crippen molar-refractivity contribution in [3.05, 3.63) is 91.9 Å². The fourth-order valence-electron chi connectivity index (χ4n) is 12.1. The van der Waals surface area contributed by atoms with E-state index in [0.29, 0.717) is 16.1 Å². The van der Waals surface area contributed by atoms with E-state index >= 15 is 0 Å². The third-order valence-electron chi connectivity index (χ3n) is 15.3. The van der Waals surface area contributed by atoms with Crippen molar-refractivity contribution in [1.82, 2.24) is 30.4 Å². The number of carbonyl (C=O) groups excluding carboxylic acids is 4. The van der Waals surface area contributed by atoms with Gasteiger partial charge in [0.15, 0.2) is 0 Å². The first-order valence-corrected chi connectivity index (χ1v) is 26.6. The summed E-state index contributed by atoms with van der Waals surface area (Å²) in [4.78, 5) is 69.7. The number of fused-ring (bicyclic) bond motifs is 4. The lowest BCUT2D eigenvalue weighted by molar-refractivity contribution is -0.140. The molecule has 2 unspecified atom stereocenters. The summed E-state index contributed by atoms with van der Waals surface area (Å²) in [5.74, 6) is -0.194. The molecule has 0 saturated carbocycles. The number of hydrogen-bond donors (Lipinski definition) is 2. The van der Waals surface area contributed by atoms with Crippen LogP contribution in [-0.4, -0.2) is 94.2 Å². The SMILES string of the molecule is O=C1CCC(=O)N1Cc1cc2nccc(-c3cc(Cl)cc4c3N([C@@H]3CCC(C5CCN([C@H]6CCCNC6)c6c(-c7ccnc8cc(CN9C(=O)CCC9=O)sc78)cc(Cl)cc65)NC3)CCC4)c2s1. The van der Waals surface area contributed by atoms with Crippen molar-refractivity contribution in [1.29, 1.82) is 0 Å². The van der Waals surface area contributed by atoms with E-state index in [4.69, 9.17) is 33.2 Å². The van der Waals surface area contributed by atoms with E-state index in [0.717, 1.165) is 130 Å². The number of thiophene rings is 2. The largest absolute Gasteiger partial charge is 0.367 e. The molecule has 6 aromatic rings. The van der Waals surface area contributed by atoms with Crippen molar-refractivity contribution in [2.45, 2.75) is 108 Å². The second-order valence-corrected chi connectivity index (χ2v) is 22.4. The molecule has 12 nitrogen and oxygen atoms in total. The third kappa shape index (κ3) is 7.98. The van der Waals surface area contributed by atoms with Crippen LogP contribution < -0.4 is 20.4 Å². The molecule has 2 N–H and O–H groups in total. The predicted octanol–water partition coefficient (Wildman–Crippen LogP) is 9.46. The van der Waals surface area contributed by atoms with Gasteiger partial charge < -0.3 is 20.4 Å². The molecular formula is C52H52Cl2N8O4S2. The summed E-state index contributed by atoms with van der Waals surface area (Å²) in [5.41, 5.74) is 11.2. The Bertz CT molecular complexity index is 3000. The highest BCUT2D eigenvalue weighted by Gasteiger charge is 2.40. The zero-order chi connectivity index (χ0) is 46.2. The molecule has 68 heavy (non-hydrogen) atoms. The number of amides is 4. The zero-order valence-corrected chi connectivity index (χ0v) is 40.8. The number of carbonyl (C=O) groups is 4. The zero-order valence-electron chi connectivity index (χ0n) is 37.7. The van der Waals surface area contributed by atoms with Crippen molar-refractivity contribution in [3.8, 4) is 22.3 Å². The molecule has 6 aliphatic rings. The first-order chi connectivity index (χ1) is 33.1. The van der Waals surface area contributed by atoms with Crippen LogP contribution in [0.3, 0.4) is 0 Å². The number of nitrogens with one attached hydrogen (secondary N) is 2. The molecule has 10 heterocycles. The molecular weight excluding hydrogens is 936 g/mol. The number of benzene rings is 2. The number of aryl methyl sites for hydroxylation is 1. The molecule has 0 bridgehead atoms. The van der Waals surface area contributed by atoms with Gasteiger partial charge in [0.05, 0.1) is 33.5 Å². The highest BCUT2D eigenvalue weighted by molar-refractivity contribution is 7.20. The van der Waals surface area contributed by atoms with Crippen LogP contribution in [0.2, 0.25) is 10.0 Å². The number of imide groups is 2. The van der Waals surface area contributed by atoms with Crippen LogP contribution in [0.4, 0.5) is 11.4 Å². The summed E-state index contributed by atoms with van der Waals surface area (Å²) in [6, 6.07) is 17.8. The van der Waals surface area contributed by atoms with Crippen LogP contribution in [0.25, 0.3) is 42.7 Å². The topological polar surface area (TPSA) is 131 Å². The van der Waals surface area contributed by atoms with Crippen LogP contribution in [0.1, 0.15) is 91.0 Å². The van der Waals surface area contributed by atoms with Crippen molar-refractivity contribution < 1.29 is 19.2 Å². The van der Waals surface area contributed by atoms with Gasteiger partial charge in [0.25, 0.3) is 0 Å². The van der Waals surface area contributed by atoms with Crippen LogP contribution >= 0.6 is 45.9 Å². The molecule has 0 aliphatic carbocycles. The van der Waals surface area contributed by atoms with Gasteiger partial charge in [-0.25, -0.2) is 0 Å². The van der Waals surface area contributed by atoms with Gasteiger partial charge in [-0.05, 0) is 111 Å². The minimum Gasteiger partial charge on any atom is -0.367 e. The van der Waals surface area contributed by atoms with E-state index in [9.17, 15) is 19.2 Å². The lowest BCUT2D eigenvalue weighted by Crippen LogP contribution is -2.54. The number of halogens is 2. The molecule has 4 fully saturated rings. The summed E-state index contributed by atoms with van der Waals surface area (Å²) < 4.78 is 2.07. The Kier molecular flexibility index (Phi) is 11.8. The van der Waals surface area contributed by atoms with Gasteiger partial charge in [0.2, 0.25) is 23.6 Å².